The fourth-order valence-electron chi connectivity index (χ4n) is 1.25. The number of nitrogens with zero attached hydrogens (tertiary/aromatic N) is 3. The molecule has 0 fully saturated rings. The predicted octanol–water partition coefficient (Wildman–Crippen LogP) is 1.33. The van der Waals surface area contributed by atoms with Crippen molar-refractivity contribution in [1.82, 2.24) is 4.98 Å². The molecule has 2 rings (SSSR count). The standard InChI is InChI=1S/C9H8FN3O/c1-6-5-8(14)13(12-6)9-7(10)3-2-4-11-9/h2-4H,5H2,1H3. The van der Waals surface area contributed by atoms with E-state index < -0.39 is 5.82 Å². The second kappa shape index (κ2) is 3.17. The third-order valence-corrected chi connectivity index (χ3v) is 1.85. The van der Waals surface area contributed by atoms with Gasteiger partial charge in [-0.3, -0.25) is 4.79 Å². The fourth-order valence-corrected chi connectivity index (χ4v) is 1.25. The molecule has 0 N–H and O–H groups in total. The minimum atomic E-state index is -0.542. The molecular weight excluding hydrogens is 185 g/mol. The lowest BCUT2D eigenvalue weighted by Crippen LogP contribution is -2.21. The number of rotatable bonds is 1. The summed E-state index contributed by atoms with van der Waals surface area (Å²) in [6.07, 6.45) is 1.66. The molecule has 0 atom stereocenters. The zero-order chi connectivity index (χ0) is 10.1. The first kappa shape index (κ1) is 8.80. The molecule has 1 aliphatic heterocycles. The molecule has 0 saturated heterocycles. The molecule has 1 aromatic heterocycles. The number of anilines is 1. The smallest absolute Gasteiger partial charge is 0.254 e. The van der Waals surface area contributed by atoms with Crippen LogP contribution in [-0.2, 0) is 4.79 Å². The van der Waals surface area contributed by atoms with Gasteiger partial charge in [0.2, 0.25) is 0 Å². The molecule has 14 heavy (non-hydrogen) atoms. The summed E-state index contributed by atoms with van der Waals surface area (Å²) in [6.45, 7) is 1.72. The largest absolute Gasteiger partial charge is 0.272 e. The van der Waals surface area contributed by atoms with Crippen LogP contribution in [0.5, 0.6) is 0 Å². The van der Waals surface area contributed by atoms with E-state index in [1.54, 1.807) is 6.92 Å². The number of aromatic nitrogens is 1. The molecule has 72 valence electrons. The van der Waals surface area contributed by atoms with Gasteiger partial charge in [-0.1, -0.05) is 0 Å². The number of hydrazone groups is 1. The van der Waals surface area contributed by atoms with E-state index >= 15 is 0 Å². The van der Waals surface area contributed by atoms with Crippen molar-refractivity contribution in [2.75, 3.05) is 5.01 Å². The van der Waals surface area contributed by atoms with Crippen LogP contribution in [0.25, 0.3) is 0 Å². The van der Waals surface area contributed by atoms with Gasteiger partial charge in [-0.15, -0.1) is 0 Å². The van der Waals surface area contributed by atoms with Gasteiger partial charge < -0.3 is 0 Å². The van der Waals surface area contributed by atoms with Crippen molar-refractivity contribution in [2.24, 2.45) is 5.10 Å². The molecule has 1 aromatic rings. The van der Waals surface area contributed by atoms with E-state index in [4.69, 9.17) is 0 Å². The van der Waals surface area contributed by atoms with Crippen molar-refractivity contribution in [2.45, 2.75) is 13.3 Å². The first-order chi connectivity index (χ1) is 6.68. The number of amides is 1. The zero-order valence-electron chi connectivity index (χ0n) is 7.57. The SMILES string of the molecule is CC1=NN(c2ncccc2F)C(=O)C1. The van der Waals surface area contributed by atoms with Crippen LogP contribution in [0.4, 0.5) is 10.2 Å². The quantitative estimate of drug-likeness (QED) is 0.675. The molecule has 4 nitrogen and oxygen atoms in total. The fraction of sp³-hybridized carbons (Fsp3) is 0.222. The van der Waals surface area contributed by atoms with E-state index in [1.807, 2.05) is 0 Å². The van der Waals surface area contributed by atoms with Crippen molar-refractivity contribution in [1.29, 1.82) is 0 Å². The minimum Gasteiger partial charge on any atom is -0.272 e. The summed E-state index contributed by atoms with van der Waals surface area (Å²) in [5.74, 6) is -0.825. The van der Waals surface area contributed by atoms with Gasteiger partial charge in [-0.05, 0) is 19.1 Å². The summed E-state index contributed by atoms with van der Waals surface area (Å²) in [5, 5.41) is 4.90. The topological polar surface area (TPSA) is 45.6 Å². The van der Waals surface area contributed by atoms with Gasteiger partial charge in [0, 0.05) is 11.9 Å². The highest BCUT2D eigenvalue weighted by molar-refractivity contribution is 6.11. The first-order valence-electron chi connectivity index (χ1n) is 4.16. The van der Waals surface area contributed by atoms with Crippen molar-refractivity contribution in [3.8, 4) is 0 Å². The van der Waals surface area contributed by atoms with E-state index in [2.05, 4.69) is 10.1 Å². The van der Waals surface area contributed by atoms with Crippen LogP contribution in [0, 0.1) is 5.82 Å². The van der Waals surface area contributed by atoms with Crippen molar-refractivity contribution in [3.63, 3.8) is 0 Å². The van der Waals surface area contributed by atoms with Crippen LogP contribution in [0.3, 0.4) is 0 Å². The van der Waals surface area contributed by atoms with Crippen molar-refractivity contribution >= 4 is 17.4 Å². The molecule has 0 saturated carbocycles. The normalized spacial score (nSPS) is 16.0. The van der Waals surface area contributed by atoms with Crippen LogP contribution in [0.1, 0.15) is 13.3 Å². The third-order valence-electron chi connectivity index (χ3n) is 1.85. The summed E-state index contributed by atoms with van der Waals surface area (Å²) in [7, 11) is 0. The number of halogens is 1. The van der Waals surface area contributed by atoms with Gasteiger partial charge in [0.25, 0.3) is 5.91 Å². The second-order valence-electron chi connectivity index (χ2n) is 3.03. The van der Waals surface area contributed by atoms with Gasteiger partial charge in [-0.25, -0.2) is 9.37 Å². The molecule has 0 aromatic carbocycles. The Labute approximate surface area is 80.1 Å². The van der Waals surface area contributed by atoms with Gasteiger partial charge >= 0.3 is 0 Å². The summed E-state index contributed by atoms with van der Waals surface area (Å²) >= 11 is 0. The van der Waals surface area contributed by atoms with E-state index in [-0.39, 0.29) is 18.1 Å². The van der Waals surface area contributed by atoms with Crippen LogP contribution < -0.4 is 5.01 Å². The Morgan fingerprint density at radius 1 is 1.57 bits per heavy atom. The summed E-state index contributed by atoms with van der Waals surface area (Å²) in [6, 6.07) is 2.72. The lowest BCUT2D eigenvalue weighted by atomic mass is 10.3. The molecule has 2 heterocycles. The van der Waals surface area contributed by atoms with Crippen LogP contribution >= 0.6 is 0 Å². The average Bonchev–Trinajstić information content (AvgIpc) is 2.46. The second-order valence-corrected chi connectivity index (χ2v) is 3.03. The van der Waals surface area contributed by atoms with E-state index in [0.29, 0.717) is 5.71 Å². The molecule has 0 unspecified atom stereocenters. The summed E-state index contributed by atoms with van der Waals surface area (Å²) in [4.78, 5) is 15.1. The zero-order valence-corrected chi connectivity index (χ0v) is 7.57. The van der Waals surface area contributed by atoms with Crippen molar-refractivity contribution < 1.29 is 9.18 Å². The van der Waals surface area contributed by atoms with E-state index in [0.717, 1.165) is 5.01 Å². The predicted molar refractivity (Wildman–Crippen MR) is 49.4 cm³/mol. The maximum Gasteiger partial charge on any atom is 0.254 e. The molecule has 1 aliphatic rings. The summed E-state index contributed by atoms with van der Waals surface area (Å²) in [5.41, 5.74) is 0.667. The maximum absolute atomic E-state index is 13.2. The number of pyridine rings is 1. The molecule has 0 bridgehead atoms. The Morgan fingerprint density at radius 2 is 2.36 bits per heavy atom. The Balaban J connectivity index is 2.41. The van der Waals surface area contributed by atoms with Crippen LogP contribution in [-0.4, -0.2) is 16.6 Å². The lowest BCUT2D eigenvalue weighted by Gasteiger charge is -2.10. The number of carbonyl (C=O) groups excluding carboxylic acids is 1. The molecular formula is C9H8FN3O. The van der Waals surface area contributed by atoms with Crippen LogP contribution in [0.15, 0.2) is 23.4 Å². The summed E-state index contributed by atoms with van der Waals surface area (Å²) < 4.78 is 13.2. The number of hydrogen-bond acceptors (Lipinski definition) is 3. The van der Waals surface area contributed by atoms with E-state index in [1.165, 1.54) is 18.3 Å². The molecule has 0 aliphatic carbocycles. The van der Waals surface area contributed by atoms with Gasteiger partial charge in [0.15, 0.2) is 11.6 Å². The molecule has 5 heteroatoms. The number of hydrogen-bond donors (Lipinski definition) is 0. The molecule has 0 spiro atoms. The average molecular weight is 193 g/mol. The monoisotopic (exact) mass is 193 g/mol. The maximum atomic E-state index is 13.2. The highest BCUT2D eigenvalue weighted by Gasteiger charge is 2.25. The van der Waals surface area contributed by atoms with Gasteiger partial charge in [0.05, 0.1) is 6.42 Å². The van der Waals surface area contributed by atoms with Crippen LogP contribution in [0.2, 0.25) is 0 Å². The molecule has 0 radical (unpaired) electrons. The number of carbonyl (C=O) groups is 1. The first-order valence-corrected chi connectivity index (χ1v) is 4.16. The Bertz CT molecular complexity index is 416. The van der Waals surface area contributed by atoms with Gasteiger partial charge in [0.1, 0.15) is 0 Å². The molecule has 1 amide bonds. The highest BCUT2D eigenvalue weighted by Crippen LogP contribution is 2.20. The highest BCUT2D eigenvalue weighted by atomic mass is 19.1. The third kappa shape index (κ3) is 1.37. The van der Waals surface area contributed by atoms with E-state index in [9.17, 15) is 9.18 Å². The Hall–Kier alpha value is -1.78. The minimum absolute atomic E-state index is 0.0330. The van der Waals surface area contributed by atoms with Crippen molar-refractivity contribution in [3.05, 3.63) is 24.1 Å². The lowest BCUT2D eigenvalue weighted by molar-refractivity contribution is -0.117. The Morgan fingerprint density at radius 3 is 2.93 bits per heavy atom. The Kier molecular flexibility index (Phi) is 1.99. The van der Waals surface area contributed by atoms with Gasteiger partial charge in [-0.2, -0.15) is 10.1 Å².